The van der Waals surface area contributed by atoms with E-state index in [1.165, 1.54) is 225 Å². The Bertz CT molecular complexity index is 558. The van der Waals surface area contributed by atoms with Crippen LogP contribution in [0.1, 0.15) is 233 Å². The Labute approximate surface area is 273 Å². The molecule has 1 aliphatic rings. The second kappa shape index (κ2) is 32.7. The zero-order chi connectivity index (χ0) is 30.9. The fourth-order valence-electron chi connectivity index (χ4n) is 7.07. The lowest BCUT2D eigenvalue weighted by molar-refractivity contribution is 0.135. The minimum absolute atomic E-state index is 0.640. The van der Waals surface area contributed by atoms with Gasteiger partial charge in [0.05, 0.1) is 0 Å². The quantitative estimate of drug-likeness (QED) is 0.0666. The van der Waals surface area contributed by atoms with Crippen LogP contribution in [0.25, 0.3) is 0 Å². The Morgan fingerprint density at radius 2 is 0.535 bits per heavy atom. The summed E-state index contributed by atoms with van der Waals surface area (Å²) in [6, 6.07) is 0. The number of hydrogen-bond acceptors (Lipinski definition) is 2. The van der Waals surface area contributed by atoms with Gasteiger partial charge in [-0.3, -0.25) is 0 Å². The molecule has 0 amide bonds. The second-order valence-electron chi connectivity index (χ2n) is 14.3. The van der Waals surface area contributed by atoms with Gasteiger partial charge in [-0.2, -0.15) is 0 Å². The number of unbranched alkanes of at least 4 members (excludes halogenated alkanes) is 29. The maximum absolute atomic E-state index is 2.71. The maximum atomic E-state index is 2.71. The molecule has 0 saturated heterocycles. The summed E-state index contributed by atoms with van der Waals surface area (Å²) in [7, 11) is 0. The molecule has 0 N–H and O–H groups in total. The average molecular weight is 603 g/mol. The highest BCUT2D eigenvalue weighted by Gasteiger charge is 2.24. The van der Waals surface area contributed by atoms with E-state index in [0.717, 1.165) is 0 Å². The van der Waals surface area contributed by atoms with E-state index in [0.29, 0.717) is 6.17 Å². The van der Waals surface area contributed by atoms with Crippen molar-refractivity contribution >= 4 is 0 Å². The Kier molecular flexibility index (Phi) is 30.7. The molecular weight excluding hydrogens is 520 g/mol. The van der Waals surface area contributed by atoms with Crippen LogP contribution < -0.4 is 0 Å². The lowest BCUT2D eigenvalue weighted by atomic mass is 10.0. The molecule has 43 heavy (non-hydrogen) atoms. The van der Waals surface area contributed by atoms with Gasteiger partial charge in [0, 0.05) is 25.5 Å². The predicted molar refractivity (Wildman–Crippen MR) is 196 cm³/mol. The first-order valence-corrected chi connectivity index (χ1v) is 20.5. The summed E-state index contributed by atoms with van der Waals surface area (Å²) in [5.41, 5.74) is 0. The third kappa shape index (κ3) is 25.2. The van der Waals surface area contributed by atoms with Crippen LogP contribution in [0.4, 0.5) is 0 Å². The molecule has 1 atom stereocenters. The van der Waals surface area contributed by atoms with Gasteiger partial charge in [0.15, 0.2) is 0 Å². The Hall–Kier alpha value is -0.660. The first-order valence-electron chi connectivity index (χ1n) is 20.5. The van der Waals surface area contributed by atoms with Crippen LogP contribution in [-0.4, -0.2) is 29.1 Å². The molecule has 0 aliphatic carbocycles. The zero-order valence-corrected chi connectivity index (χ0v) is 30.4. The topological polar surface area (TPSA) is 6.48 Å². The molecule has 1 aliphatic heterocycles. The molecule has 1 heterocycles. The molecule has 0 fully saturated rings. The second-order valence-corrected chi connectivity index (χ2v) is 14.3. The third-order valence-corrected chi connectivity index (χ3v) is 10.1. The van der Waals surface area contributed by atoms with Crippen LogP contribution in [0, 0.1) is 0 Å². The van der Waals surface area contributed by atoms with E-state index >= 15 is 0 Å². The standard InChI is InChI=1S/C41H82N2/c1-4-7-10-13-15-17-19-20-21-22-23-24-26-28-30-32-35-38-43-40-39-42(37-34-12-9-6-3)41(43)36-33-31-29-27-25-18-16-14-11-8-5-2/h39-41H,4-38H2,1-3H3. The van der Waals surface area contributed by atoms with Gasteiger partial charge < -0.3 is 9.80 Å². The summed E-state index contributed by atoms with van der Waals surface area (Å²) >= 11 is 0. The summed E-state index contributed by atoms with van der Waals surface area (Å²) < 4.78 is 0. The van der Waals surface area contributed by atoms with Gasteiger partial charge in [-0.1, -0.05) is 207 Å². The molecule has 1 rings (SSSR count). The van der Waals surface area contributed by atoms with Crippen LogP contribution >= 0.6 is 0 Å². The van der Waals surface area contributed by atoms with Crippen molar-refractivity contribution in [2.45, 2.75) is 239 Å². The fraction of sp³-hybridized carbons (Fsp3) is 0.951. The van der Waals surface area contributed by atoms with Gasteiger partial charge in [0.25, 0.3) is 0 Å². The summed E-state index contributed by atoms with van der Waals surface area (Å²) in [5.74, 6) is 0. The van der Waals surface area contributed by atoms with Crippen molar-refractivity contribution in [2.75, 3.05) is 13.1 Å². The molecule has 0 radical (unpaired) electrons. The highest BCUT2D eigenvalue weighted by Crippen LogP contribution is 2.24. The monoisotopic (exact) mass is 603 g/mol. The first kappa shape index (κ1) is 40.4. The molecule has 0 aromatic rings. The van der Waals surface area contributed by atoms with Crippen LogP contribution in [-0.2, 0) is 0 Å². The summed E-state index contributed by atoms with van der Waals surface area (Å²) in [6.07, 6.45) is 53.0. The van der Waals surface area contributed by atoms with Gasteiger partial charge in [-0.05, 0) is 25.7 Å². The van der Waals surface area contributed by atoms with E-state index in [-0.39, 0.29) is 0 Å². The molecule has 0 bridgehead atoms. The van der Waals surface area contributed by atoms with Crippen molar-refractivity contribution in [1.82, 2.24) is 9.80 Å². The van der Waals surface area contributed by atoms with E-state index in [4.69, 9.17) is 0 Å². The van der Waals surface area contributed by atoms with Crippen LogP contribution in [0.5, 0.6) is 0 Å². The molecule has 0 spiro atoms. The molecule has 0 aromatic carbocycles. The van der Waals surface area contributed by atoms with Crippen molar-refractivity contribution < 1.29 is 0 Å². The molecular formula is C41H82N2. The van der Waals surface area contributed by atoms with Crippen molar-refractivity contribution in [2.24, 2.45) is 0 Å². The highest BCUT2D eigenvalue weighted by atomic mass is 15.4. The molecule has 0 saturated carbocycles. The van der Waals surface area contributed by atoms with Crippen molar-refractivity contribution in [3.63, 3.8) is 0 Å². The SMILES string of the molecule is CCCCCCCCCCCCCCCCCCCN1C=CN(CCCCCC)C1CCCCCCCCCCCCC. The highest BCUT2D eigenvalue weighted by molar-refractivity contribution is 4.97. The van der Waals surface area contributed by atoms with Crippen LogP contribution in [0.2, 0.25) is 0 Å². The Morgan fingerprint density at radius 1 is 0.302 bits per heavy atom. The normalized spacial score (nSPS) is 14.9. The van der Waals surface area contributed by atoms with Gasteiger partial charge in [0.2, 0.25) is 0 Å². The Morgan fingerprint density at radius 3 is 0.837 bits per heavy atom. The van der Waals surface area contributed by atoms with E-state index in [9.17, 15) is 0 Å². The van der Waals surface area contributed by atoms with Gasteiger partial charge in [-0.25, -0.2) is 0 Å². The summed E-state index contributed by atoms with van der Waals surface area (Å²) in [5, 5.41) is 0. The minimum atomic E-state index is 0.640. The largest absolute Gasteiger partial charge is 0.356 e. The van der Waals surface area contributed by atoms with Crippen molar-refractivity contribution in [3.8, 4) is 0 Å². The van der Waals surface area contributed by atoms with Gasteiger partial charge in [-0.15, -0.1) is 0 Å². The lowest BCUT2D eigenvalue weighted by Gasteiger charge is -2.33. The van der Waals surface area contributed by atoms with Crippen LogP contribution in [0.15, 0.2) is 12.4 Å². The first-order chi connectivity index (χ1) is 21.3. The molecule has 0 aromatic heterocycles. The van der Waals surface area contributed by atoms with E-state index in [2.05, 4.69) is 43.0 Å². The summed E-state index contributed by atoms with van der Waals surface area (Å²) in [6.45, 7) is 9.48. The van der Waals surface area contributed by atoms with Gasteiger partial charge in [0.1, 0.15) is 6.17 Å². The number of hydrogen-bond donors (Lipinski definition) is 0. The third-order valence-electron chi connectivity index (χ3n) is 10.1. The summed E-state index contributed by atoms with van der Waals surface area (Å²) in [4.78, 5) is 5.40. The van der Waals surface area contributed by atoms with Crippen LogP contribution in [0.3, 0.4) is 0 Å². The predicted octanol–water partition coefficient (Wildman–Crippen LogP) is 14.3. The molecule has 2 nitrogen and oxygen atoms in total. The van der Waals surface area contributed by atoms with E-state index < -0.39 is 0 Å². The van der Waals surface area contributed by atoms with E-state index in [1.807, 2.05) is 0 Å². The number of nitrogens with zero attached hydrogens (tertiary/aromatic N) is 2. The van der Waals surface area contributed by atoms with Gasteiger partial charge >= 0.3 is 0 Å². The van der Waals surface area contributed by atoms with E-state index in [1.54, 1.807) is 0 Å². The zero-order valence-electron chi connectivity index (χ0n) is 30.4. The Balaban J connectivity index is 2.08. The minimum Gasteiger partial charge on any atom is -0.356 e. The average Bonchev–Trinajstić information content (AvgIpc) is 3.40. The number of rotatable bonds is 35. The smallest absolute Gasteiger partial charge is 0.101 e. The molecule has 256 valence electrons. The fourth-order valence-corrected chi connectivity index (χ4v) is 7.07. The molecule has 1 unspecified atom stereocenters. The van der Waals surface area contributed by atoms with Crippen molar-refractivity contribution in [3.05, 3.63) is 12.4 Å². The lowest BCUT2D eigenvalue weighted by Crippen LogP contribution is -2.39. The molecule has 2 heteroatoms. The maximum Gasteiger partial charge on any atom is 0.101 e. The van der Waals surface area contributed by atoms with Crippen molar-refractivity contribution in [1.29, 1.82) is 0 Å².